The van der Waals surface area contributed by atoms with Crippen LogP contribution in [0.1, 0.15) is 17.3 Å². The van der Waals surface area contributed by atoms with Crippen LogP contribution in [0.15, 0.2) is 48.5 Å². The minimum absolute atomic E-state index is 0.319. The van der Waals surface area contributed by atoms with E-state index in [4.69, 9.17) is 14.2 Å². The number of carbonyl (C=O) groups excluding carboxylic acids is 2. The standard InChI is InChI=1S/C19H22N2O5/c1-3-25-18(22)14-7-9-15(10-8-14)21-19(23)20-11-12-26-17-6-4-5-16(13-17)24-2/h4-10,13H,3,11-12H2,1-2H3,(H2,20,21,23). The molecule has 0 spiro atoms. The van der Waals surface area contributed by atoms with Crippen molar-refractivity contribution in [2.45, 2.75) is 6.92 Å². The van der Waals surface area contributed by atoms with Gasteiger partial charge in [-0.2, -0.15) is 0 Å². The second-order valence-corrected chi connectivity index (χ2v) is 5.21. The quantitative estimate of drug-likeness (QED) is 0.559. The van der Waals surface area contributed by atoms with Crippen molar-refractivity contribution in [2.75, 3.05) is 32.2 Å². The van der Waals surface area contributed by atoms with Gasteiger partial charge in [0.05, 0.1) is 25.8 Å². The minimum Gasteiger partial charge on any atom is -0.497 e. The molecular weight excluding hydrogens is 336 g/mol. The van der Waals surface area contributed by atoms with Crippen LogP contribution in [0.2, 0.25) is 0 Å². The molecule has 0 saturated carbocycles. The van der Waals surface area contributed by atoms with E-state index in [1.54, 1.807) is 44.4 Å². The van der Waals surface area contributed by atoms with Gasteiger partial charge in [-0.25, -0.2) is 9.59 Å². The molecule has 7 nitrogen and oxygen atoms in total. The lowest BCUT2D eigenvalue weighted by Crippen LogP contribution is -2.32. The Morgan fingerprint density at radius 1 is 1.04 bits per heavy atom. The lowest BCUT2D eigenvalue weighted by Gasteiger charge is -2.10. The zero-order valence-corrected chi connectivity index (χ0v) is 14.8. The van der Waals surface area contributed by atoms with Crippen molar-refractivity contribution >= 4 is 17.7 Å². The van der Waals surface area contributed by atoms with E-state index in [0.29, 0.717) is 42.5 Å². The first-order valence-corrected chi connectivity index (χ1v) is 8.21. The van der Waals surface area contributed by atoms with Gasteiger partial charge in [0.25, 0.3) is 0 Å². The van der Waals surface area contributed by atoms with E-state index < -0.39 is 5.97 Å². The van der Waals surface area contributed by atoms with Gasteiger partial charge in [-0.05, 0) is 43.3 Å². The zero-order chi connectivity index (χ0) is 18.8. The second-order valence-electron chi connectivity index (χ2n) is 5.21. The summed E-state index contributed by atoms with van der Waals surface area (Å²) in [5, 5.41) is 5.37. The molecule has 0 aliphatic heterocycles. The van der Waals surface area contributed by atoms with Crippen molar-refractivity contribution in [2.24, 2.45) is 0 Å². The molecule has 138 valence electrons. The maximum Gasteiger partial charge on any atom is 0.338 e. The first-order chi connectivity index (χ1) is 12.6. The molecule has 2 aromatic rings. The molecular formula is C19H22N2O5. The SMILES string of the molecule is CCOC(=O)c1ccc(NC(=O)NCCOc2cccc(OC)c2)cc1. The summed E-state index contributed by atoms with van der Waals surface area (Å²) in [6, 6.07) is 13.3. The van der Waals surface area contributed by atoms with Crippen molar-refractivity contribution in [3.05, 3.63) is 54.1 Å². The number of hydrogen-bond acceptors (Lipinski definition) is 5. The number of methoxy groups -OCH3 is 1. The molecule has 2 rings (SSSR count). The number of esters is 1. The summed E-state index contributed by atoms with van der Waals surface area (Å²) in [5.74, 6) is 0.985. The normalized spacial score (nSPS) is 9.92. The molecule has 0 unspecified atom stereocenters. The average molecular weight is 358 g/mol. The molecule has 2 N–H and O–H groups in total. The van der Waals surface area contributed by atoms with Gasteiger partial charge in [0.1, 0.15) is 18.1 Å². The smallest absolute Gasteiger partial charge is 0.338 e. The van der Waals surface area contributed by atoms with Crippen LogP contribution in [0.3, 0.4) is 0 Å². The third-order valence-corrected chi connectivity index (χ3v) is 3.35. The maximum absolute atomic E-state index is 11.9. The van der Waals surface area contributed by atoms with Crippen LogP contribution in [-0.2, 0) is 4.74 Å². The van der Waals surface area contributed by atoms with E-state index in [0.717, 1.165) is 0 Å². The van der Waals surface area contributed by atoms with E-state index in [9.17, 15) is 9.59 Å². The van der Waals surface area contributed by atoms with E-state index in [1.807, 2.05) is 18.2 Å². The summed E-state index contributed by atoms with van der Waals surface area (Å²) in [6.45, 7) is 2.72. The van der Waals surface area contributed by atoms with Gasteiger partial charge < -0.3 is 24.8 Å². The molecule has 0 saturated heterocycles. The van der Waals surface area contributed by atoms with Crippen molar-refractivity contribution in [1.29, 1.82) is 0 Å². The highest BCUT2D eigenvalue weighted by Crippen LogP contribution is 2.18. The molecule has 0 radical (unpaired) electrons. The Balaban J connectivity index is 1.72. The highest BCUT2D eigenvalue weighted by atomic mass is 16.5. The van der Waals surface area contributed by atoms with E-state index in [1.165, 1.54) is 0 Å². The van der Waals surface area contributed by atoms with Crippen molar-refractivity contribution in [1.82, 2.24) is 5.32 Å². The molecule has 26 heavy (non-hydrogen) atoms. The molecule has 7 heteroatoms. The Morgan fingerprint density at radius 2 is 1.77 bits per heavy atom. The van der Waals surface area contributed by atoms with Crippen LogP contribution >= 0.6 is 0 Å². The Bertz CT molecular complexity index is 731. The first kappa shape index (κ1) is 19.1. The number of nitrogens with one attached hydrogen (secondary N) is 2. The minimum atomic E-state index is -0.391. The van der Waals surface area contributed by atoms with Crippen molar-refractivity contribution in [3.8, 4) is 11.5 Å². The van der Waals surface area contributed by atoms with Crippen LogP contribution in [0.5, 0.6) is 11.5 Å². The van der Waals surface area contributed by atoms with E-state index in [-0.39, 0.29) is 6.03 Å². The fourth-order valence-electron chi connectivity index (χ4n) is 2.10. The fourth-order valence-corrected chi connectivity index (χ4v) is 2.10. The van der Waals surface area contributed by atoms with Gasteiger partial charge in [-0.15, -0.1) is 0 Å². The lowest BCUT2D eigenvalue weighted by molar-refractivity contribution is 0.0526. The first-order valence-electron chi connectivity index (χ1n) is 8.21. The van der Waals surface area contributed by atoms with Gasteiger partial charge in [-0.1, -0.05) is 6.07 Å². The van der Waals surface area contributed by atoms with Crippen LogP contribution in [-0.4, -0.2) is 38.9 Å². The Kier molecular flexibility index (Phi) is 7.30. The van der Waals surface area contributed by atoms with Crippen LogP contribution in [0.4, 0.5) is 10.5 Å². The Hall–Kier alpha value is -3.22. The van der Waals surface area contributed by atoms with E-state index in [2.05, 4.69) is 10.6 Å². The van der Waals surface area contributed by atoms with Crippen LogP contribution < -0.4 is 20.1 Å². The molecule has 0 aliphatic rings. The van der Waals surface area contributed by atoms with Crippen molar-refractivity contribution in [3.63, 3.8) is 0 Å². The molecule has 0 aromatic heterocycles. The molecule has 2 amide bonds. The highest BCUT2D eigenvalue weighted by molar-refractivity contribution is 5.92. The third-order valence-electron chi connectivity index (χ3n) is 3.35. The summed E-state index contributed by atoms with van der Waals surface area (Å²) < 4.78 is 15.6. The summed E-state index contributed by atoms with van der Waals surface area (Å²) in [6.07, 6.45) is 0. The summed E-state index contributed by atoms with van der Waals surface area (Å²) in [4.78, 5) is 23.4. The number of carbonyl (C=O) groups is 2. The molecule has 2 aromatic carbocycles. The third kappa shape index (κ3) is 6.01. The van der Waals surface area contributed by atoms with Gasteiger partial charge in [0.2, 0.25) is 0 Å². The predicted octanol–water partition coefficient (Wildman–Crippen LogP) is 3.07. The number of benzene rings is 2. The molecule has 0 atom stereocenters. The largest absolute Gasteiger partial charge is 0.497 e. The molecule has 0 fully saturated rings. The maximum atomic E-state index is 11.9. The number of anilines is 1. The highest BCUT2D eigenvalue weighted by Gasteiger charge is 2.07. The number of rotatable bonds is 8. The Labute approximate surface area is 152 Å². The number of hydrogen-bond donors (Lipinski definition) is 2. The summed E-state index contributed by atoms with van der Waals surface area (Å²) in [5.41, 5.74) is 1.01. The van der Waals surface area contributed by atoms with Crippen LogP contribution in [0.25, 0.3) is 0 Å². The predicted molar refractivity (Wildman–Crippen MR) is 97.9 cm³/mol. The van der Waals surface area contributed by atoms with E-state index >= 15 is 0 Å². The van der Waals surface area contributed by atoms with Gasteiger partial charge >= 0.3 is 12.0 Å². The van der Waals surface area contributed by atoms with Crippen LogP contribution in [0, 0.1) is 0 Å². The zero-order valence-electron chi connectivity index (χ0n) is 14.8. The summed E-state index contributed by atoms with van der Waals surface area (Å²) in [7, 11) is 1.59. The second kappa shape index (κ2) is 9.93. The number of urea groups is 1. The Morgan fingerprint density at radius 3 is 2.46 bits per heavy atom. The van der Waals surface area contributed by atoms with Gasteiger partial charge in [0.15, 0.2) is 0 Å². The summed E-state index contributed by atoms with van der Waals surface area (Å²) >= 11 is 0. The molecule has 0 bridgehead atoms. The molecule has 0 aliphatic carbocycles. The number of amides is 2. The lowest BCUT2D eigenvalue weighted by atomic mass is 10.2. The number of ether oxygens (including phenoxy) is 3. The van der Waals surface area contributed by atoms with Gasteiger partial charge in [-0.3, -0.25) is 0 Å². The van der Waals surface area contributed by atoms with Crippen molar-refractivity contribution < 1.29 is 23.8 Å². The fraction of sp³-hybridized carbons (Fsp3) is 0.263. The monoisotopic (exact) mass is 358 g/mol. The average Bonchev–Trinajstić information content (AvgIpc) is 2.66. The molecule has 0 heterocycles. The topological polar surface area (TPSA) is 85.9 Å². The van der Waals surface area contributed by atoms with Gasteiger partial charge in [0, 0.05) is 11.8 Å².